The maximum Gasteiger partial charge on any atom is 0.256 e. The molecular formula is C28H25N3O3S2. The minimum Gasteiger partial charge on any atom is -0.339 e. The van der Waals surface area contributed by atoms with Crippen molar-refractivity contribution in [1.82, 2.24) is 9.88 Å². The normalized spacial score (nSPS) is 13.2. The molecule has 1 aliphatic heterocycles. The fraction of sp³-hybridized carbons (Fsp3) is 0.214. The molecule has 1 saturated heterocycles. The third-order valence-electron chi connectivity index (χ3n) is 6.12. The first-order chi connectivity index (χ1) is 17.5. The number of hydrogen-bond donors (Lipinski definition) is 1. The van der Waals surface area contributed by atoms with Gasteiger partial charge in [0, 0.05) is 24.3 Å². The van der Waals surface area contributed by atoms with Crippen LogP contribution in [0.4, 0.5) is 5.69 Å². The maximum atomic E-state index is 13.1. The van der Waals surface area contributed by atoms with Crippen LogP contribution in [0.5, 0.6) is 0 Å². The molecule has 0 radical (unpaired) electrons. The first-order valence-electron chi connectivity index (χ1n) is 11.8. The number of rotatable bonds is 7. The van der Waals surface area contributed by atoms with Crippen molar-refractivity contribution in [2.45, 2.75) is 24.1 Å². The van der Waals surface area contributed by atoms with Crippen molar-refractivity contribution in [3.63, 3.8) is 0 Å². The lowest BCUT2D eigenvalue weighted by molar-refractivity contribution is 0.0787. The summed E-state index contributed by atoms with van der Waals surface area (Å²) >= 11 is 2.90. The number of Topliss-reactive ketones (excluding diaryl/α,β-unsaturated/α-hetero) is 1. The second-order valence-corrected chi connectivity index (χ2v) is 11.0. The van der Waals surface area contributed by atoms with E-state index in [4.69, 9.17) is 0 Å². The summed E-state index contributed by atoms with van der Waals surface area (Å²) in [5.74, 6) is -0.0402. The Morgan fingerprint density at radius 3 is 2.44 bits per heavy atom. The van der Waals surface area contributed by atoms with Gasteiger partial charge in [0.05, 0.1) is 27.1 Å². The number of hydrogen-bond acceptors (Lipinski definition) is 6. The molecule has 0 atom stereocenters. The van der Waals surface area contributed by atoms with Gasteiger partial charge < -0.3 is 10.2 Å². The molecule has 36 heavy (non-hydrogen) atoms. The van der Waals surface area contributed by atoms with Crippen molar-refractivity contribution in [1.29, 1.82) is 0 Å². The van der Waals surface area contributed by atoms with E-state index in [9.17, 15) is 14.4 Å². The zero-order valence-electron chi connectivity index (χ0n) is 19.8. The zero-order chi connectivity index (χ0) is 25.1. The van der Waals surface area contributed by atoms with Gasteiger partial charge in [0.15, 0.2) is 10.1 Å². The fourth-order valence-electron chi connectivity index (χ4n) is 4.15. The average molecular weight is 516 g/mol. The Hall–Kier alpha value is -3.49. The van der Waals surface area contributed by atoms with Gasteiger partial charge in [-0.05, 0) is 50.1 Å². The number of carbonyl (C=O) groups is 3. The molecular weight excluding hydrogens is 490 g/mol. The summed E-state index contributed by atoms with van der Waals surface area (Å²) in [6.45, 7) is 3.45. The number of benzene rings is 3. The first kappa shape index (κ1) is 24.2. The molecule has 1 aliphatic rings. The molecule has 5 rings (SSSR count). The number of aryl methyl sites for hydroxylation is 1. The predicted octanol–water partition coefficient (Wildman–Crippen LogP) is 6.07. The number of aromatic nitrogens is 1. The smallest absolute Gasteiger partial charge is 0.256 e. The Morgan fingerprint density at radius 1 is 0.972 bits per heavy atom. The summed E-state index contributed by atoms with van der Waals surface area (Å²) in [7, 11) is 0. The van der Waals surface area contributed by atoms with Crippen molar-refractivity contribution in [2.75, 3.05) is 24.2 Å². The van der Waals surface area contributed by atoms with Gasteiger partial charge in [-0.1, -0.05) is 53.7 Å². The van der Waals surface area contributed by atoms with Crippen molar-refractivity contribution < 1.29 is 14.4 Å². The quantitative estimate of drug-likeness (QED) is 0.239. The molecule has 0 saturated carbocycles. The molecule has 0 spiro atoms. The van der Waals surface area contributed by atoms with E-state index in [1.54, 1.807) is 35.2 Å². The molecule has 6 nitrogen and oxygen atoms in total. The minimum atomic E-state index is -0.319. The van der Waals surface area contributed by atoms with Gasteiger partial charge in [-0.3, -0.25) is 14.4 Å². The van der Waals surface area contributed by atoms with Crippen LogP contribution in [0.1, 0.15) is 49.5 Å². The number of thioether (sulfide) groups is 1. The Balaban J connectivity index is 1.27. The number of likely N-dealkylation sites (tertiary alicyclic amines) is 1. The average Bonchev–Trinajstić information content (AvgIpc) is 3.57. The molecule has 4 aromatic rings. The van der Waals surface area contributed by atoms with E-state index < -0.39 is 0 Å². The van der Waals surface area contributed by atoms with Crippen LogP contribution in [-0.2, 0) is 0 Å². The highest BCUT2D eigenvalue weighted by atomic mass is 32.2. The van der Waals surface area contributed by atoms with Crippen LogP contribution < -0.4 is 5.32 Å². The molecule has 8 heteroatoms. The van der Waals surface area contributed by atoms with Crippen LogP contribution in [0, 0.1) is 6.92 Å². The van der Waals surface area contributed by atoms with E-state index in [1.807, 2.05) is 43.3 Å². The third kappa shape index (κ3) is 5.34. The summed E-state index contributed by atoms with van der Waals surface area (Å²) in [6, 6.07) is 20.1. The van der Waals surface area contributed by atoms with Crippen LogP contribution in [0.2, 0.25) is 0 Å². The number of fused-ring (bicyclic) bond motifs is 1. The highest BCUT2D eigenvalue weighted by molar-refractivity contribution is 8.01. The van der Waals surface area contributed by atoms with Crippen LogP contribution in [-0.4, -0.2) is 46.3 Å². The van der Waals surface area contributed by atoms with Gasteiger partial charge in [-0.25, -0.2) is 4.98 Å². The van der Waals surface area contributed by atoms with Gasteiger partial charge in [-0.2, -0.15) is 0 Å². The molecule has 3 aromatic carbocycles. The molecule has 182 valence electrons. The number of thiazole rings is 1. The largest absolute Gasteiger partial charge is 0.339 e. The summed E-state index contributed by atoms with van der Waals surface area (Å²) < 4.78 is 1.72. The van der Waals surface area contributed by atoms with Crippen LogP contribution >= 0.6 is 23.1 Å². The molecule has 2 heterocycles. The number of anilines is 1. The lowest BCUT2D eigenvalue weighted by atomic mass is 10.1. The van der Waals surface area contributed by atoms with Crippen molar-refractivity contribution in [3.05, 3.63) is 89.0 Å². The Labute approximate surface area is 217 Å². The Bertz CT molecular complexity index is 1440. The van der Waals surface area contributed by atoms with E-state index in [2.05, 4.69) is 10.3 Å². The van der Waals surface area contributed by atoms with Gasteiger partial charge in [0.2, 0.25) is 0 Å². The topological polar surface area (TPSA) is 79.4 Å². The van der Waals surface area contributed by atoms with E-state index >= 15 is 0 Å². The Morgan fingerprint density at radius 2 is 1.69 bits per heavy atom. The van der Waals surface area contributed by atoms with Crippen LogP contribution in [0.3, 0.4) is 0 Å². The molecule has 0 unspecified atom stereocenters. The SMILES string of the molecule is Cc1ccc(C(=O)CSc2nc3ccc(NC(=O)c4ccccc4C(=O)N4CCCC4)cc3s2)cc1. The highest BCUT2D eigenvalue weighted by Crippen LogP contribution is 2.32. The monoisotopic (exact) mass is 515 g/mol. The minimum absolute atomic E-state index is 0.0642. The number of carbonyl (C=O) groups excluding carboxylic acids is 3. The lowest BCUT2D eigenvalue weighted by Crippen LogP contribution is -2.29. The number of amides is 2. The standard InChI is InChI=1S/C28H25N3O3S2/c1-18-8-10-19(11-9-18)24(32)17-35-28-30-23-13-12-20(16-25(23)36-28)29-26(33)21-6-2-3-7-22(21)27(34)31-14-4-5-15-31/h2-3,6-13,16H,4-5,14-15,17H2,1H3,(H,29,33). The molecule has 0 bridgehead atoms. The summed E-state index contributed by atoms with van der Waals surface area (Å²) in [5, 5.41) is 2.93. The summed E-state index contributed by atoms with van der Waals surface area (Å²) in [6.07, 6.45) is 1.99. The number of ketones is 1. The first-order valence-corrected chi connectivity index (χ1v) is 13.6. The van der Waals surface area contributed by atoms with Crippen LogP contribution in [0.25, 0.3) is 10.2 Å². The number of nitrogens with zero attached hydrogens (tertiary/aromatic N) is 2. The zero-order valence-corrected chi connectivity index (χ0v) is 21.5. The molecule has 1 fully saturated rings. The van der Waals surface area contributed by atoms with Crippen molar-refractivity contribution in [2.24, 2.45) is 0 Å². The van der Waals surface area contributed by atoms with Gasteiger partial charge in [0.25, 0.3) is 11.8 Å². The predicted molar refractivity (Wildman–Crippen MR) is 145 cm³/mol. The summed E-state index contributed by atoms with van der Waals surface area (Å²) in [5.41, 5.74) is 4.05. The maximum absolute atomic E-state index is 13.1. The van der Waals surface area contributed by atoms with Gasteiger partial charge in [0.1, 0.15) is 0 Å². The Kier molecular flexibility index (Phi) is 7.16. The van der Waals surface area contributed by atoms with E-state index in [0.717, 1.165) is 46.1 Å². The fourth-order valence-corrected chi connectivity index (χ4v) is 6.15. The van der Waals surface area contributed by atoms with E-state index in [0.29, 0.717) is 28.1 Å². The lowest BCUT2D eigenvalue weighted by Gasteiger charge is -2.17. The number of nitrogens with one attached hydrogen (secondary N) is 1. The molecule has 2 amide bonds. The molecule has 1 N–H and O–H groups in total. The van der Waals surface area contributed by atoms with Crippen LogP contribution in [0.15, 0.2) is 71.1 Å². The van der Waals surface area contributed by atoms with E-state index in [-0.39, 0.29) is 17.6 Å². The second-order valence-electron chi connectivity index (χ2n) is 8.74. The molecule has 0 aliphatic carbocycles. The third-order valence-corrected chi connectivity index (χ3v) is 8.28. The van der Waals surface area contributed by atoms with Crippen molar-refractivity contribution in [3.8, 4) is 0 Å². The second kappa shape index (κ2) is 10.6. The van der Waals surface area contributed by atoms with Crippen molar-refractivity contribution >= 4 is 56.6 Å². The van der Waals surface area contributed by atoms with E-state index in [1.165, 1.54) is 23.1 Å². The summed E-state index contributed by atoms with van der Waals surface area (Å²) in [4.78, 5) is 44.9. The van der Waals surface area contributed by atoms with Gasteiger partial charge in [-0.15, -0.1) is 11.3 Å². The van der Waals surface area contributed by atoms with Gasteiger partial charge >= 0.3 is 0 Å². The molecule has 1 aromatic heterocycles. The highest BCUT2D eigenvalue weighted by Gasteiger charge is 2.24.